The van der Waals surface area contributed by atoms with Crippen molar-refractivity contribution in [3.63, 3.8) is 0 Å². The van der Waals surface area contributed by atoms with Crippen LogP contribution in [0.3, 0.4) is 0 Å². The molecule has 0 aliphatic rings. The summed E-state index contributed by atoms with van der Waals surface area (Å²) in [6.07, 6.45) is 3.20. The smallest absolute Gasteiger partial charge is 0.152 e. The van der Waals surface area contributed by atoms with Gasteiger partial charge >= 0.3 is 0 Å². The summed E-state index contributed by atoms with van der Waals surface area (Å²) in [5, 5.41) is 0.631. The Morgan fingerprint density at radius 1 is 1.54 bits per heavy atom. The van der Waals surface area contributed by atoms with Crippen LogP contribution in [0.4, 0.5) is 0 Å². The van der Waals surface area contributed by atoms with Gasteiger partial charge in [-0.3, -0.25) is 4.79 Å². The molecule has 68 valence electrons. The fraction of sp³-hybridized carbons (Fsp3) is 0.100. The van der Waals surface area contributed by atoms with E-state index in [2.05, 4.69) is 15.9 Å². The quantitative estimate of drug-likeness (QED) is 0.740. The number of benzene rings is 1. The lowest BCUT2D eigenvalue weighted by molar-refractivity contribution is -0.112. The van der Waals surface area contributed by atoms with Gasteiger partial charge in [0.05, 0.1) is 0 Å². The van der Waals surface area contributed by atoms with Crippen molar-refractivity contribution >= 4 is 39.4 Å². The van der Waals surface area contributed by atoms with E-state index in [0.717, 1.165) is 10.0 Å². The van der Waals surface area contributed by atoms with Gasteiger partial charge in [0.2, 0.25) is 0 Å². The molecule has 1 aromatic carbocycles. The van der Waals surface area contributed by atoms with Crippen molar-refractivity contribution in [3.8, 4) is 0 Å². The Labute approximate surface area is 90.5 Å². The third-order valence-corrected chi connectivity index (χ3v) is 2.51. The highest BCUT2D eigenvalue weighted by Gasteiger charge is 2.00. The van der Waals surface area contributed by atoms with Crippen molar-refractivity contribution in [3.05, 3.63) is 39.3 Å². The van der Waals surface area contributed by atoms with Crippen molar-refractivity contribution in [1.82, 2.24) is 0 Å². The first kappa shape index (κ1) is 10.5. The molecule has 0 atom stereocenters. The first-order valence-corrected chi connectivity index (χ1v) is 4.91. The number of allylic oxidation sites excluding steroid dienone is 1. The fourth-order valence-electron chi connectivity index (χ4n) is 0.871. The molecule has 0 aliphatic heterocycles. The van der Waals surface area contributed by atoms with Crippen LogP contribution in [0.25, 0.3) is 6.08 Å². The van der Waals surface area contributed by atoms with Crippen LogP contribution in [0, 0.1) is 0 Å². The molecular formula is C10H8BrClO. The summed E-state index contributed by atoms with van der Waals surface area (Å²) in [7, 11) is 0. The zero-order valence-electron chi connectivity index (χ0n) is 7.05. The molecule has 3 heteroatoms. The highest BCUT2D eigenvalue weighted by atomic mass is 79.9. The fourth-order valence-corrected chi connectivity index (χ4v) is 1.72. The van der Waals surface area contributed by atoms with Crippen molar-refractivity contribution in [1.29, 1.82) is 0 Å². The summed E-state index contributed by atoms with van der Waals surface area (Å²) in [5.41, 5.74) is 0.833. The van der Waals surface area contributed by atoms with Gasteiger partial charge in [-0.1, -0.05) is 33.6 Å². The van der Waals surface area contributed by atoms with E-state index in [9.17, 15) is 4.79 Å². The zero-order chi connectivity index (χ0) is 9.84. The average molecular weight is 260 g/mol. The van der Waals surface area contributed by atoms with Crippen molar-refractivity contribution < 1.29 is 4.79 Å². The van der Waals surface area contributed by atoms with Gasteiger partial charge in [0.1, 0.15) is 0 Å². The summed E-state index contributed by atoms with van der Waals surface area (Å²) in [6, 6.07) is 5.51. The van der Waals surface area contributed by atoms with E-state index in [1.165, 1.54) is 13.0 Å². The number of hydrogen-bond donors (Lipinski definition) is 0. The number of hydrogen-bond acceptors (Lipinski definition) is 1. The van der Waals surface area contributed by atoms with Crippen LogP contribution in [0.2, 0.25) is 5.02 Å². The van der Waals surface area contributed by atoms with E-state index in [4.69, 9.17) is 11.6 Å². The van der Waals surface area contributed by atoms with Crippen LogP contribution < -0.4 is 0 Å². The Kier molecular flexibility index (Phi) is 3.70. The van der Waals surface area contributed by atoms with Crippen molar-refractivity contribution in [2.75, 3.05) is 0 Å². The maximum absolute atomic E-state index is 10.7. The van der Waals surface area contributed by atoms with Crippen LogP contribution in [0.5, 0.6) is 0 Å². The molecule has 1 aromatic rings. The molecule has 0 bridgehead atoms. The summed E-state index contributed by atoms with van der Waals surface area (Å²) in [4.78, 5) is 10.7. The topological polar surface area (TPSA) is 17.1 Å². The lowest BCUT2D eigenvalue weighted by Gasteiger charge is -1.99. The maximum Gasteiger partial charge on any atom is 0.152 e. The molecule has 0 amide bonds. The lowest BCUT2D eigenvalue weighted by Crippen LogP contribution is -1.82. The Balaban J connectivity index is 3.06. The Morgan fingerprint density at radius 2 is 2.23 bits per heavy atom. The third kappa shape index (κ3) is 2.98. The zero-order valence-corrected chi connectivity index (χ0v) is 9.39. The standard InChI is InChI=1S/C10H8BrClO/c1-7(13)5-6-8-9(11)3-2-4-10(8)12/h2-6H,1H3/b6-5+. The molecule has 0 saturated carbocycles. The molecule has 1 rings (SSSR count). The third-order valence-electron chi connectivity index (χ3n) is 1.48. The number of carbonyl (C=O) groups is 1. The number of ketones is 1. The first-order chi connectivity index (χ1) is 6.11. The second kappa shape index (κ2) is 4.58. The normalized spacial score (nSPS) is 10.7. The Bertz CT molecular complexity index is 338. The van der Waals surface area contributed by atoms with Crippen LogP contribution in [-0.4, -0.2) is 5.78 Å². The molecule has 0 fully saturated rings. The lowest BCUT2D eigenvalue weighted by atomic mass is 10.2. The van der Waals surface area contributed by atoms with Gasteiger partial charge < -0.3 is 0 Å². The largest absolute Gasteiger partial charge is 0.295 e. The van der Waals surface area contributed by atoms with Crippen LogP contribution in [-0.2, 0) is 4.79 Å². The highest BCUT2D eigenvalue weighted by Crippen LogP contribution is 2.25. The predicted molar refractivity (Wildman–Crippen MR) is 58.9 cm³/mol. The summed E-state index contributed by atoms with van der Waals surface area (Å²) in [5.74, 6) is 0.00631. The van der Waals surface area contributed by atoms with E-state index < -0.39 is 0 Å². The van der Waals surface area contributed by atoms with Gasteiger partial charge in [0, 0.05) is 15.1 Å². The van der Waals surface area contributed by atoms with Gasteiger partial charge in [0.25, 0.3) is 0 Å². The first-order valence-electron chi connectivity index (χ1n) is 3.74. The second-order valence-corrected chi connectivity index (χ2v) is 3.84. The molecule has 0 saturated heterocycles. The highest BCUT2D eigenvalue weighted by molar-refractivity contribution is 9.10. The number of halogens is 2. The second-order valence-electron chi connectivity index (χ2n) is 2.58. The van der Waals surface area contributed by atoms with E-state index in [1.807, 2.05) is 12.1 Å². The van der Waals surface area contributed by atoms with E-state index in [0.29, 0.717) is 5.02 Å². The van der Waals surface area contributed by atoms with Crippen molar-refractivity contribution in [2.45, 2.75) is 6.92 Å². The van der Waals surface area contributed by atoms with Gasteiger partial charge in [0.15, 0.2) is 5.78 Å². The van der Waals surface area contributed by atoms with Crippen LogP contribution in [0.15, 0.2) is 28.7 Å². The molecule has 0 heterocycles. The molecule has 0 N–H and O–H groups in total. The monoisotopic (exact) mass is 258 g/mol. The Hall–Kier alpha value is -0.600. The minimum atomic E-state index is 0.00631. The molecule has 0 spiro atoms. The summed E-state index contributed by atoms with van der Waals surface area (Å²) >= 11 is 9.27. The molecule has 0 unspecified atom stereocenters. The molecule has 1 nitrogen and oxygen atoms in total. The number of carbonyl (C=O) groups excluding carboxylic acids is 1. The van der Waals surface area contributed by atoms with E-state index in [1.54, 1.807) is 12.1 Å². The van der Waals surface area contributed by atoms with Gasteiger partial charge in [-0.15, -0.1) is 0 Å². The molecule has 0 radical (unpaired) electrons. The van der Waals surface area contributed by atoms with Crippen LogP contribution >= 0.6 is 27.5 Å². The van der Waals surface area contributed by atoms with E-state index in [-0.39, 0.29) is 5.78 Å². The SMILES string of the molecule is CC(=O)/C=C/c1c(Cl)cccc1Br. The Morgan fingerprint density at radius 3 is 2.77 bits per heavy atom. The molecule has 0 aromatic heterocycles. The molecular weight excluding hydrogens is 251 g/mol. The van der Waals surface area contributed by atoms with Gasteiger partial charge in [-0.25, -0.2) is 0 Å². The number of rotatable bonds is 2. The van der Waals surface area contributed by atoms with E-state index >= 15 is 0 Å². The van der Waals surface area contributed by atoms with Crippen molar-refractivity contribution in [2.24, 2.45) is 0 Å². The van der Waals surface area contributed by atoms with Crippen LogP contribution in [0.1, 0.15) is 12.5 Å². The predicted octanol–water partition coefficient (Wildman–Crippen LogP) is 3.70. The minimum Gasteiger partial charge on any atom is -0.295 e. The average Bonchev–Trinajstić information content (AvgIpc) is 2.03. The molecule has 0 aliphatic carbocycles. The van der Waals surface area contributed by atoms with Gasteiger partial charge in [-0.2, -0.15) is 0 Å². The minimum absolute atomic E-state index is 0.00631. The summed E-state index contributed by atoms with van der Waals surface area (Å²) < 4.78 is 0.887. The molecule has 13 heavy (non-hydrogen) atoms. The maximum atomic E-state index is 10.7. The summed E-state index contributed by atoms with van der Waals surface area (Å²) in [6.45, 7) is 1.50. The van der Waals surface area contributed by atoms with Gasteiger partial charge in [-0.05, 0) is 31.2 Å².